The van der Waals surface area contributed by atoms with Gasteiger partial charge in [-0.2, -0.15) is 0 Å². The number of hydrogen-bond donors (Lipinski definition) is 2. The third-order valence-corrected chi connectivity index (χ3v) is 4.91. The number of anilines is 1. The Morgan fingerprint density at radius 3 is 2.75 bits per heavy atom. The minimum absolute atomic E-state index is 0.127. The van der Waals surface area contributed by atoms with Crippen LogP contribution in [0.4, 0.5) is 5.95 Å². The van der Waals surface area contributed by atoms with Crippen molar-refractivity contribution in [2.24, 2.45) is 5.41 Å². The molecule has 2 heterocycles. The zero-order chi connectivity index (χ0) is 17.0. The number of nitrogen functional groups attached to an aromatic ring is 1. The zero-order valence-electron chi connectivity index (χ0n) is 13.7. The summed E-state index contributed by atoms with van der Waals surface area (Å²) < 4.78 is 0. The maximum absolute atomic E-state index is 10.1. The highest BCUT2D eigenvalue weighted by Gasteiger charge is 2.35. The lowest BCUT2D eigenvalue weighted by molar-refractivity contribution is 0.0288. The van der Waals surface area contributed by atoms with Gasteiger partial charge in [-0.25, -0.2) is 9.97 Å². The summed E-state index contributed by atoms with van der Waals surface area (Å²) in [5.41, 5.74) is 7.63. The van der Waals surface area contributed by atoms with Crippen LogP contribution in [0.3, 0.4) is 0 Å². The Hall–Kier alpha value is -1.69. The highest BCUT2D eigenvalue weighted by Crippen LogP contribution is 2.34. The summed E-state index contributed by atoms with van der Waals surface area (Å²) in [6.07, 6.45) is 6.46. The lowest BCUT2D eigenvalue weighted by atomic mass is 9.75. The average Bonchev–Trinajstić information content (AvgIpc) is 2.57. The molecular formula is C18H23ClN4O. The molecule has 1 aromatic carbocycles. The van der Waals surface area contributed by atoms with E-state index in [4.69, 9.17) is 17.3 Å². The SMILES string of the molecule is Nc1ncc(CN2CCCC(CO)(Cc3cccc(Cl)c3)C2)cn1. The molecule has 6 heteroatoms. The first kappa shape index (κ1) is 17.1. The van der Waals surface area contributed by atoms with Gasteiger partial charge in [-0.15, -0.1) is 0 Å². The second-order valence-corrected chi connectivity index (χ2v) is 7.16. The molecule has 0 spiro atoms. The first-order valence-corrected chi connectivity index (χ1v) is 8.60. The number of nitrogens with zero attached hydrogens (tertiary/aromatic N) is 3. The molecule has 1 aliphatic rings. The van der Waals surface area contributed by atoms with Gasteiger partial charge in [0.25, 0.3) is 0 Å². The number of halogens is 1. The minimum Gasteiger partial charge on any atom is -0.396 e. The number of rotatable bonds is 5. The van der Waals surface area contributed by atoms with Crippen LogP contribution in [-0.4, -0.2) is 39.7 Å². The van der Waals surface area contributed by atoms with Crippen LogP contribution in [0.15, 0.2) is 36.7 Å². The van der Waals surface area contributed by atoms with Crippen LogP contribution >= 0.6 is 11.6 Å². The molecule has 128 valence electrons. The fraction of sp³-hybridized carbons (Fsp3) is 0.444. The number of aliphatic hydroxyl groups excluding tert-OH is 1. The van der Waals surface area contributed by atoms with Gasteiger partial charge in [-0.3, -0.25) is 4.90 Å². The molecule has 3 N–H and O–H groups in total. The highest BCUT2D eigenvalue weighted by atomic mass is 35.5. The number of benzene rings is 1. The summed E-state index contributed by atoms with van der Waals surface area (Å²) in [6.45, 7) is 2.81. The molecule has 1 saturated heterocycles. The zero-order valence-corrected chi connectivity index (χ0v) is 14.4. The number of piperidine rings is 1. The van der Waals surface area contributed by atoms with Crippen LogP contribution < -0.4 is 5.73 Å². The van der Waals surface area contributed by atoms with E-state index in [2.05, 4.69) is 20.9 Å². The molecule has 0 bridgehead atoms. The third kappa shape index (κ3) is 4.23. The Morgan fingerprint density at radius 2 is 2.04 bits per heavy atom. The largest absolute Gasteiger partial charge is 0.396 e. The third-order valence-electron chi connectivity index (χ3n) is 4.68. The fourth-order valence-electron chi connectivity index (χ4n) is 3.56. The fourth-order valence-corrected chi connectivity index (χ4v) is 3.77. The summed E-state index contributed by atoms with van der Waals surface area (Å²) in [6, 6.07) is 7.92. The Morgan fingerprint density at radius 1 is 1.25 bits per heavy atom. The molecule has 0 amide bonds. The van der Waals surface area contributed by atoms with E-state index in [1.165, 1.54) is 5.56 Å². The van der Waals surface area contributed by atoms with Crippen molar-refractivity contribution in [3.05, 3.63) is 52.8 Å². The molecule has 1 fully saturated rings. The van der Waals surface area contributed by atoms with E-state index < -0.39 is 0 Å². The average molecular weight is 347 g/mol. The lowest BCUT2D eigenvalue weighted by Gasteiger charge is -2.42. The molecule has 2 aromatic rings. The predicted octanol–water partition coefficient (Wildman–Crippen LogP) is 2.53. The van der Waals surface area contributed by atoms with Crippen LogP contribution in [0.2, 0.25) is 5.02 Å². The van der Waals surface area contributed by atoms with Gasteiger partial charge in [-0.05, 0) is 43.5 Å². The standard InChI is InChI=1S/C18H23ClN4O/c19-16-4-1-3-14(7-16)8-18(13-24)5-2-6-23(12-18)11-15-9-21-17(20)22-10-15/h1,3-4,7,9-10,24H,2,5-6,8,11-13H2,(H2,20,21,22). The van der Waals surface area contributed by atoms with Crippen LogP contribution in [0.5, 0.6) is 0 Å². The molecule has 24 heavy (non-hydrogen) atoms. The van der Waals surface area contributed by atoms with Gasteiger partial charge in [0, 0.05) is 41.5 Å². The van der Waals surface area contributed by atoms with Gasteiger partial charge < -0.3 is 10.8 Å². The Balaban J connectivity index is 1.70. The first-order chi connectivity index (χ1) is 11.6. The van der Waals surface area contributed by atoms with Gasteiger partial charge in [0.05, 0.1) is 6.61 Å². The van der Waals surface area contributed by atoms with Crippen molar-refractivity contribution in [2.75, 3.05) is 25.4 Å². The number of aromatic nitrogens is 2. The predicted molar refractivity (Wildman–Crippen MR) is 95.6 cm³/mol. The highest BCUT2D eigenvalue weighted by molar-refractivity contribution is 6.30. The van der Waals surface area contributed by atoms with Gasteiger partial charge in [-0.1, -0.05) is 23.7 Å². The summed E-state index contributed by atoms with van der Waals surface area (Å²) in [5.74, 6) is 0.294. The second-order valence-electron chi connectivity index (χ2n) is 6.73. The molecule has 5 nitrogen and oxygen atoms in total. The maximum Gasteiger partial charge on any atom is 0.219 e. The van der Waals surface area contributed by atoms with E-state index in [1.54, 1.807) is 12.4 Å². The lowest BCUT2D eigenvalue weighted by Crippen LogP contribution is -2.46. The molecular weight excluding hydrogens is 324 g/mol. The normalized spacial score (nSPS) is 21.8. The van der Waals surface area contributed by atoms with Crippen molar-refractivity contribution in [1.82, 2.24) is 14.9 Å². The van der Waals surface area contributed by atoms with E-state index in [1.807, 2.05) is 18.2 Å². The van der Waals surface area contributed by atoms with E-state index in [-0.39, 0.29) is 12.0 Å². The van der Waals surface area contributed by atoms with Crippen LogP contribution in [0, 0.1) is 5.41 Å². The van der Waals surface area contributed by atoms with Crippen LogP contribution in [0.1, 0.15) is 24.0 Å². The molecule has 1 atom stereocenters. The first-order valence-electron chi connectivity index (χ1n) is 8.23. The molecule has 1 aliphatic heterocycles. The van der Waals surface area contributed by atoms with E-state index in [0.29, 0.717) is 5.95 Å². The van der Waals surface area contributed by atoms with E-state index in [0.717, 1.165) is 49.5 Å². The molecule has 0 radical (unpaired) electrons. The monoisotopic (exact) mass is 346 g/mol. The topological polar surface area (TPSA) is 75.3 Å². The quantitative estimate of drug-likeness (QED) is 0.870. The molecule has 0 saturated carbocycles. The number of nitrogens with two attached hydrogens (primary N) is 1. The van der Waals surface area contributed by atoms with Crippen molar-refractivity contribution < 1.29 is 5.11 Å². The molecule has 0 aliphatic carbocycles. The summed E-state index contributed by atoms with van der Waals surface area (Å²) >= 11 is 6.10. The van der Waals surface area contributed by atoms with Crippen LogP contribution in [0.25, 0.3) is 0 Å². The summed E-state index contributed by atoms with van der Waals surface area (Å²) in [4.78, 5) is 10.5. The van der Waals surface area contributed by atoms with Crippen molar-refractivity contribution in [2.45, 2.75) is 25.8 Å². The second kappa shape index (κ2) is 7.47. The number of hydrogen-bond acceptors (Lipinski definition) is 5. The van der Waals surface area contributed by atoms with E-state index >= 15 is 0 Å². The molecule has 3 rings (SSSR count). The summed E-state index contributed by atoms with van der Waals surface area (Å²) in [7, 11) is 0. The smallest absolute Gasteiger partial charge is 0.219 e. The Bertz CT molecular complexity index is 679. The van der Waals surface area contributed by atoms with Crippen molar-refractivity contribution in [3.8, 4) is 0 Å². The van der Waals surface area contributed by atoms with Gasteiger partial charge in [0.15, 0.2) is 0 Å². The van der Waals surface area contributed by atoms with Gasteiger partial charge >= 0.3 is 0 Å². The van der Waals surface area contributed by atoms with E-state index in [9.17, 15) is 5.11 Å². The maximum atomic E-state index is 10.1. The number of aliphatic hydroxyl groups is 1. The Labute approximate surface area is 147 Å². The van der Waals surface area contributed by atoms with Gasteiger partial charge in [0.2, 0.25) is 5.95 Å². The van der Waals surface area contributed by atoms with Gasteiger partial charge in [0.1, 0.15) is 0 Å². The molecule has 1 aromatic heterocycles. The molecule has 1 unspecified atom stereocenters. The van der Waals surface area contributed by atoms with Crippen molar-refractivity contribution >= 4 is 17.5 Å². The van der Waals surface area contributed by atoms with Crippen molar-refractivity contribution in [1.29, 1.82) is 0 Å². The van der Waals surface area contributed by atoms with Crippen molar-refractivity contribution in [3.63, 3.8) is 0 Å². The minimum atomic E-state index is -0.127. The van der Waals surface area contributed by atoms with Crippen LogP contribution in [-0.2, 0) is 13.0 Å². The number of likely N-dealkylation sites (tertiary alicyclic amines) is 1. The summed E-state index contributed by atoms with van der Waals surface area (Å²) in [5, 5.41) is 10.8. The Kier molecular flexibility index (Phi) is 5.33.